The molecule has 1 heterocycles. The van der Waals surface area contributed by atoms with Crippen LogP contribution in [0, 0.1) is 5.92 Å². The number of sulfone groups is 1. The average Bonchev–Trinajstić information content (AvgIpc) is 2.54. The maximum Gasteiger partial charge on any atom is 0.226 e. The molecule has 0 aromatic rings. The van der Waals surface area contributed by atoms with Gasteiger partial charge in [0.05, 0.1) is 17.4 Å². The highest BCUT2D eigenvalue weighted by Crippen LogP contribution is 2.20. The number of hydrogen-bond acceptors (Lipinski definition) is 4. The van der Waals surface area contributed by atoms with Gasteiger partial charge in [0.15, 0.2) is 9.84 Å². The molecule has 0 aromatic heterocycles. The minimum Gasteiger partial charge on any atom is -0.345 e. The van der Waals surface area contributed by atoms with Crippen LogP contribution in [-0.2, 0) is 14.6 Å². The summed E-state index contributed by atoms with van der Waals surface area (Å²) in [6.07, 6.45) is 1.20. The number of rotatable bonds is 4. The quantitative estimate of drug-likeness (QED) is 0.735. The molecule has 0 bridgehead atoms. The summed E-state index contributed by atoms with van der Waals surface area (Å²) in [5, 5.41) is 0. The third-order valence-electron chi connectivity index (χ3n) is 2.88. The lowest BCUT2D eigenvalue weighted by Gasteiger charge is -2.21. The fourth-order valence-electron chi connectivity index (χ4n) is 1.81. The van der Waals surface area contributed by atoms with E-state index in [4.69, 9.17) is 5.73 Å². The van der Waals surface area contributed by atoms with Gasteiger partial charge < -0.3 is 10.6 Å². The molecule has 0 aliphatic carbocycles. The van der Waals surface area contributed by atoms with E-state index in [1.807, 2.05) is 6.92 Å². The first-order chi connectivity index (χ1) is 7.32. The van der Waals surface area contributed by atoms with Crippen LogP contribution in [-0.4, -0.2) is 50.4 Å². The molecule has 1 aliphatic rings. The molecule has 6 heteroatoms. The van der Waals surface area contributed by atoms with Crippen molar-refractivity contribution < 1.29 is 13.2 Å². The van der Waals surface area contributed by atoms with Crippen LogP contribution in [0.25, 0.3) is 0 Å². The summed E-state index contributed by atoms with van der Waals surface area (Å²) in [5.41, 5.74) is 5.60. The Labute approximate surface area is 96.9 Å². The van der Waals surface area contributed by atoms with Gasteiger partial charge in [-0.15, -0.1) is 0 Å². The predicted molar refractivity (Wildman–Crippen MR) is 62.7 cm³/mol. The maximum atomic E-state index is 11.9. The van der Waals surface area contributed by atoms with Crippen molar-refractivity contribution in [3.63, 3.8) is 0 Å². The molecular weight excluding hydrogens is 228 g/mol. The van der Waals surface area contributed by atoms with Gasteiger partial charge in [-0.2, -0.15) is 0 Å². The summed E-state index contributed by atoms with van der Waals surface area (Å²) in [5.74, 6) is -0.261. The summed E-state index contributed by atoms with van der Waals surface area (Å²) in [7, 11) is -1.27. The van der Waals surface area contributed by atoms with Crippen molar-refractivity contribution in [3.05, 3.63) is 0 Å². The van der Waals surface area contributed by atoms with E-state index in [9.17, 15) is 13.2 Å². The molecule has 0 radical (unpaired) electrons. The molecule has 0 saturated carbocycles. The Balaban J connectivity index is 2.46. The highest BCUT2D eigenvalue weighted by atomic mass is 32.2. The second-order valence-electron chi connectivity index (χ2n) is 4.63. The highest BCUT2D eigenvalue weighted by Gasteiger charge is 2.34. The average molecular weight is 248 g/mol. The van der Waals surface area contributed by atoms with Crippen molar-refractivity contribution in [2.24, 2.45) is 11.7 Å². The first-order valence-electron chi connectivity index (χ1n) is 5.53. The Hall–Kier alpha value is -0.620. The molecule has 0 aromatic carbocycles. The summed E-state index contributed by atoms with van der Waals surface area (Å²) in [6.45, 7) is 2.48. The van der Waals surface area contributed by atoms with E-state index in [1.165, 1.54) is 0 Å². The van der Waals surface area contributed by atoms with Crippen molar-refractivity contribution in [2.45, 2.75) is 25.8 Å². The van der Waals surface area contributed by atoms with E-state index in [2.05, 4.69) is 0 Å². The van der Waals surface area contributed by atoms with Crippen molar-refractivity contribution in [1.82, 2.24) is 4.90 Å². The van der Waals surface area contributed by atoms with E-state index in [0.717, 1.165) is 6.42 Å². The molecule has 5 nitrogen and oxygen atoms in total. The fraction of sp³-hybridized carbons (Fsp3) is 0.900. The number of carbonyl (C=O) groups is 1. The largest absolute Gasteiger partial charge is 0.345 e. The summed E-state index contributed by atoms with van der Waals surface area (Å²) < 4.78 is 22.5. The van der Waals surface area contributed by atoms with E-state index in [0.29, 0.717) is 13.0 Å². The van der Waals surface area contributed by atoms with E-state index >= 15 is 0 Å². The monoisotopic (exact) mass is 248 g/mol. The van der Waals surface area contributed by atoms with Gasteiger partial charge in [-0.05, 0) is 19.8 Å². The lowest BCUT2D eigenvalue weighted by Crippen LogP contribution is -2.36. The topological polar surface area (TPSA) is 80.5 Å². The molecule has 94 valence electrons. The smallest absolute Gasteiger partial charge is 0.226 e. The van der Waals surface area contributed by atoms with Crippen molar-refractivity contribution >= 4 is 15.7 Å². The summed E-state index contributed by atoms with van der Waals surface area (Å²) in [6, 6.07) is 0.0579. The number of nitrogens with two attached hydrogens (primary N) is 1. The number of nitrogens with zero attached hydrogens (tertiary/aromatic N) is 1. The molecule has 1 aliphatic heterocycles. The molecule has 0 spiro atoms. The molecular formula is C10H20N2O3S. The van der Waals surface area contributed by atoms with Gasteiger partial charge in [-0.3, -0.25) is 4.79 Å². The van der Waals surface area contributed by atoms with Crippen LogP contribution in [0.4, 0.5) is 0 Å². The summed E-state index contributed by atoms with van der Waals surface area (Å²) >= 11 is 0. The van der Waals surface area contributed by atoms with Gasteiger partial charge in [-0.25, -0.2) is 8.42 Å². The Kier molecular flexibility index (Phi) is 4.32. The minimum absolute atomic E-state index is 0.00829. The Morgan fingerprint density at radius 2 is 2.19 bits per heavy atom. The van der Waals surface area contributed by atoms with E-state index in [-0.39, 0.29) is 29.4 Å². The zero-order chi connectivity index (χ0) is 12.3. The Morgan fingerprint density at radius 3 is 2.62 bits per heavy atom. The van der Waals surface area contributed by atoms with Crippen LogP contribution in [0.15, 0.2) is 0 Å². The van der Waals surface area contributed by atoms with Crippen LogP contribution in [0.2, 0.25) is 0 Å². The second-order valence-corrected chi connectivity index (χ2v) is 6.85. The van der Waals surface area contributed by atoms with Crippen LogP contribution < -0.4 is 5.73 Å². The molecule has 2 atom stereocenters. The van der Waals surface area contributed by atoms with Gasteiger partial charge in [0.25, 0.3) is 0 Å². The predicted octanol–water partition coefficient (Wildman–Crippen LogP) is -0.383. The van der Waals surface area contributed by atoms with Gasteiger partial charge in [-0.1, -0.05) is 0 Å². The lowest BCUT2D eigenvalue weighted by molar-refractivity contribution is -0.133. The number of hydrogen-bond donors (Lipinski definition) is 1. The Bertz CT molecular complexity index is 351. The van der Waals surface area contributed by atoms with E-state index in [1.54, 1.807) is 11.9 Å². The normalized spacial score (nSPS) is 25.3. The molecule has 1 amide bonds. The zero-order valence-electron chi connectivity index (χ0n) is 9.85. The van der Waals surface area contributed by atoms with Gasteiger partial charge in [0.1, 0.15) is 0 Å². The highest BCUT2D eigenvalue weighted by molar-refractivity contribution is 7.91. The fourth-order valence-corrected chi connectivity index (χ4v) is 3.54. The third kappa shape index (κ3) is 3.75. The second kappa shape index (κ2) is 5.14. The van der Waals surface area contributed by atoms with Crippen molar-refractivity contribution in [2.75, 3.05) is 25.1 Å². The van der Waals surface area contributed by atoms with E-state index < -0.39 is 9.84 Å². The first kappa shape index (κ1) is 13.4. The standard InChI is InChI=1S/C10H20N2O3S/c1-8(11)3-5-12(2)10(13)9-4-6-16(14,15)7-9/h8-9H,3-7,11H2,1-2H3. The van der Waals surface area contributed by atoms with Crippen LogP contribution in [0.3, 0.4) is 0 Å². The Morgan fingerprint density at radius 1 is 1.56 bits per heavy atom. The molecule has 1 fully saturated rings. The SMILES string of the molecule is CC(N)CCN(C)C(=O)C1CCS(=O)(=O)C1. The molecule has 1 rings (SSSR count). The lowest BCUT2D eigenvalue weighted by atomic mass is 10.1. The van der Waals surface area contributed by atoms with Crippen molar-refractivity contribution in [3.8, 4) is 0 Å². The van der Waals surface area contributed by atoms with Gasteiger partial charge >= 0.3 is 0 Å². The molecule has 2 unspecified atom stereocenters. The molecule has 16 heavy (non-hydrogen) atoms. The molecule has 1 saturated heterocycles. The molecule has 2 N–H and O–H groups in total. The van der Waals surface area contributed by atoms with Gasteiger partial charge in [0.2, 0.25) is 5.91 Å². The zero-order valence-corrected chi connectivity index (χ0v) is 10.7. The number of amides is 1. The van der Waals surface area contributed by atoms with Crippen LogP contribution >= 0.6 is 0 Å². The van der Waals surface area contributed by atoms with Crippen LogP contribution in [0.5, 0.6) is 0 Å². The number of carbonyl (C=O) groups excluding carboxylic acids is 1. The minimum atomic E-state index is -2.98. The van der Waals surface area contributed by atoms with Crippen molar-refractivity contribution in [1.29, 1.82) is 0 Å². The van der Waals surface area contributed by atoms with Crippen LogP contribution in [0.1, 0.15) is 19.8 Å². The third-order valence-corrected chi connectivity index (χ3v) is 4.65. The van der Waals surface area contributed by atoms with Gasteiger partial charge in [0, 0.05) is 19.6 Å². The first-order valence-corrected chi connectivity index (χ1v) is 7.35. The maximum absolute atomic E-state index is 11.9. The summed E-state index contributed by atoms with van der Waals surface area (Å²) in [4.78, 5) is 13.5.